The molecule has 2 unspecified atom stereocenters. The lowest BCUT2D eigenvalue weighted by Gasteiger charge is -2.17. The van der Waals surface area contributed by atoms with Crippen LogP contribution in [0.4, 0.5) is 0 Å². The first-order valence-corrected chi connectivity index (χ1v) is 7.13. The van der Waals surface area contributed by atoms with Crippen LogP contribution in [0.15, 0.2) is 24.3 Å². The number of benzene rings is 1. The van der Waals surface area contributed by atoms with E-state index in [0.717, 1.165) is 0 Å². The zero-order valence-electron chi connectivity index (χ0n) is 10.5. The van der Waals surface area contributed by atoms with E-state index in [4.69, 9.17) is 10.5 Å². The fraction of sp³-hybridized carbons (Fsp3) is 0.417. The zero-order chi connectivity index (χ0) is 14.4. The number of hydrogen-bond acceptors (Lipinski definition) is 6. The van der Waals surface area contributed by atoms with Gasteiger partial charge in [-0.3, -0.25) is 4.79 Å². The Morgan fingerprint density at radius 1 is 1.37 bits per heavy atom. The number of carbonyl (C=O) groups excluding carboxylic acids is 1. The third-order valence-corrected chi connectivity index (χ3v) is 3.16. The van der Waals surface area contributed by atoms with Crippen molar-refractivity contribution in [3.8, 4) is 0 Å². The summed E-state index contributed by atoms with van der Waals surface area (Å²) in [6.45, 7) is 1.84. The molecule has 0 spiro atoms. The van der Waals surface area contributed by atoms with Gasteiger partial charge in [0.05, 0.1) is 12.4 Å². The van der Waals surface area contributed by atoms with Crippen LogP contribution in [-0.2, 0) is 26.0 Å². The summed E-state index contributed by atoms with van der Waals surface area (Å²) >= 11 is 0. The van der Waals surface area contributed by atoms with Crippen molar-refractivity contribution in [2.75, 3.05) is 6.61 Å². The number of rotatable bonds is 6. The first-order chi connectivity index (χ1) is 8.95. The molecule has 2 atom stereocenters. The number of nitrogens with two attached hydrogens (primary N) is 1. The van der Waals surface area contributed by atoms with Gasteiger partial charge in [-0.25, -0.2) is 8.42 Å². The van der Waals surface area contributed by atoms with Crippen LogP contribution in [0, 0.1) is 0 Å². The topological polar surface area (TPSA) is 107 Å². The predicted molar refractivity (Wildman–Crippen MR) is 70.0 cm³/mol. The van der Waals surface area contributed by atoms with Gasteiger partial charge in [0.15, 0.2) is 0 Å². The average Bonchev–Trinajstić information content (AvgIpc) is 2.37. The van der Waals surface area contributed by atoms with Gasteiger partial charge < -0.3 is 15.6 Å². The third kappa shape index (κ3) is 4.62. The second-order valence-electron chi connectivity index (χ2n) is 3.96. The smallest absolute Gasteiger partial charge is 0.325 e. The number of esters is 1. The molecule has 6 nitrogen and oxygen atoms in total. The van der Waals surface area contributed by atoms with Gasteiger partial charge in [-0.1, -0.05) is 24.3 Å². The van der Waals surface area contributed by atoms with Gasteiger partial charge in [0.25, 0.3) is 0 Å². The molecular formula is C12H17NO5S. The fourth-order valence-corrected chi connectivity index (χ4v) is 2.05. The van der Waals surface area contributed by atoms with Gasteiger partial charge in [0, 0.05) is 0 Å². The summed E-state index contributed by atoms with van der Waals surface area (Å²) in [5.41, 5.74) is 6.62. The van der Waals surface area contributed by atoms with Gasteiger partial charge in [-0.15, -0.1) is 0 Å². The molecule has 0 aliphatic carbocycles. The van der Waals surface area contributed by atoms with E-state index in [1.165, 1.54) is 12.1 Å². The summed E-state index contributed by atoms with van der Waals surface area (Å²) in [5.74, 6) is -0.739. The second-order valence-corrected chi connectivity index (χ2v) is 4.94. The molecule has 3 N–H and O–H groups in total. The lowest BCUT2D eigenvalue weighted by Crippen LogP contribution is -2.38. The van der Waals surface area contributed by atoms with Crippen LogP contribution in [0.1, 0.15) is 24.2 Å². The summed E-state index contributed by atoms with van der Waals surface area (Å²) in [5, 5.41) is 9.91. The van der Waals surface area contributed by atoms with Crippen LogP contribution in [0.2, 0.25) is 0 Å². The quantitative estimate of drug-likeness (QED) is 0.491. The zero-order valence-corrected chi connectivity index (χ0v) is 11.4. The van der Waals surface area contributed by atoms with E-state index in [9.17, 15) is 18.3 Å². The van der Waals surface area contributed by atoms with E-state index < -0.39 is 28.8 Å². The molecule has 0 aliphatic heterocycles. The molecule has 0 saturated carbocycles. The minimum atomic E-state index is -2.49. The van der Waals surface area contributed by atoms with Crippen molar-refractivity contribution < 1.29 is 23.1 Å². The van der Waals surface area contributed by atoms with E-state index in [-0.39, 0.29) is 12.4 Å². The van der Waals surface area contributed by atoms with Crippen molar-refractivity contribution in [3.63, 3.8) is 0 Å². The normalized spacial score (nSPS) is 14.1. The van der Waals surface area contributed by atoms with Gasteiger partial charge in [0.1, 0.15) is 22.8 Å². The molecule has 0 aromatic heterocycles. The number of aliphatic hydroxyl groups excluding tert-OH is 1. The lowest BCUT2D eigenvalue weighted by molar-refractivity contribution is -0.147. The molecule has 0 amide bonds. The summed E-state index contributed by atoms with van der Waals surface area (Å²) < 4.78 is 25.8. The molecule has 19 heavy (non-hydrogen) atoms. The molecule has 1 rings (SSSR count). The maximum atomic E-state index is 11.4. The molecule has 0 bridgehead atoms. The lowest BCUT2D eigenvalue weighted by atomic mass is 10.0. The van der Waals surface area contributed by atoms with E-state index in [0.29, 0.717) is 11.1 Å². The van der Waals surface area contributed by atoms with Crippen molar-refractivity contribution in [3.05, 3.63) is 35.4 Å². The Kier molecular flexibility index (Phi) is 5.94. The maximum absolute atomic E-state index is 11.4. The monoisotopic (exact) mass is 287 g/mol. The van der Waals surface area contributed by atoms with Crippen molar-refractivity contribution in [1.82, 2.24) is 0 Å². The van der Waals surface area contributed by atoms with Crippen LogP contribution in [-0.4, -0.2) is 32.1 Å². The third-order valence-electron chi connectivity index (χ3n) is 2.53. The first kappa shape index (κ1) is 15.6. The summed E-state index contributed by atoms with van der Waals surface area (Å²) in [6, 6.07) is 5.06. The highest BCUT2D eigenvalue weighted by Crippen LogP contribution is 2.17. The number of thiol groups is 1. The van der Waals surface area contributed by atoms with Crippen LogP contribution in [0.25, 0.3) is 0 Å². The average molecular weight is 287 g/mol. The van der Waals surface area contributed by atoms with E-state index >= 15 is 0 Å². The molecular weight excluding hydrogens is 270 g/mol. The number of aliphatic hydroxyl groups is 1. The fourth-order valence-electron chi connectivity index (χ4n) is 1.54. The minimum absolute atomic E-state index is 0.0599. The molecule has 0 saturated heterocycles. The molecule has 0 aliphatic rings. The van der Waals surface area contributed by atoms with E-state index in [2.05, 4.69) is 0 Å². The molecule has 1 aromatic rings. The first-order valence-electron chi connectivity index (χ1n) is 5.76. The highest BCUT2D eigenvalue weighted by molar-refractivity contribution is 7.71. The van der Waals surface area contributed by atoms with Crippen molar-refractivity contribution in [1.29, 1.82) is 0 Å². The van der Waals surface area contributed by atoms with Crippen molar-refractivity contribution >= 4 is 16.7 Å². The molecule has 0 fully saturated rings. The molecule has 1 aromatic carbocycles. The van der Waals surface area contributed by atoms with E-state index in [1.54, 1.807) is 19.1 Å². The molecule has 0 heterocycles. The highest BCUT2D eigenvalue weighted by Gasteiger charge is 2.25. The number of hydrogen-bond donors (Lipinski definition) is 3. The van der Waals surface area contributed by atoms with Gasteiger partial charge in [0.2, 0.25) is 0 Å². The van der Waals surface area contributed by atoms with Crippen molar-refractivity contribution in [2.45, 2.75) is 24.8 Å². The Morgan fingerprint density at radius 2 is 1.95 bits per heavy atom. The van der Waals surface area contributed by atoms with Crippen LogP contribution in [0.5, 0.6) is 0 Å². The van der Waals surface area contributed by atoms with Crippen LogP contribution in [0.3, 0.4) is 0 Å². The Morgan fingerprint density at radius 3 is 2.42 bits per heavy atom. The molecule has 0 radical (unpaired) electrons. The maximum Gasteiger partial charge on any atom is 0.325 e. The Hall–Kier alpha value is -1.44. The Balaban J connectivity index is 2.77. The number of ether oxygens (including phenoxy) is 1. The van der Waals surface area contributed by atoms with Crippen molar-refractivity contribution in [2.24, 2.45) is 5.73 Å². The van der Waals surface area contributed by atoms with E-state index in [1.807, 2.05) is 0 Å². The van der Waals surface area contributed by atoms with Gasteiger partial charge in [-0.05, 0) is 18.1 Å². The highest BCUT2D eigenvalue weighted by atomic mass is 32.2. The second kappa shape index (κ2) is 7.22. The molecule has 106 valence electrons. The summed E-state index contributed by atoms with van der Waals surface area (Å²) in [6.07, 6.45) is -1.19. The van der Waals surface area contributed by atoms with Gasteiger partial charge in [-0.2, -0.15) is 0 Å². The van der Waals surface area contributed by atoms with Crippen LogP contribution >= 0.6 is 0 Å². The predicted octanol–water partition coefficient (Wildman–Crippen LogP) is -0.278. The standard InChI is InChI=1S/C12H17NO5S/c1-2-18-12(15)10(13)11(14)9-5-3-8(4-6-9)7-19(16)17/h3-6,10-11,14,19H,2,7,13H2,1H3. The number of carbonyl (C=O) groups is 1. The van der Waals surface area contributed by atoms with Gasteiger partial charge >= 0.3 is 5.97 Å². The summed E-state index contributed by atoms with van der Waals surface area (Å²) in [7, 11) is -2.49. The van der Waals surface area contributed by atoms with Crippen LogP contribution < -0.4 is 5.73 Å². The summed E-state index contributed by atoms with van der Waals surface area (Å²) in [4.78, 5) is 11.4. The SMILES string of the molecule is CCOC(=O)C(N)C(O)c1ccc(C[SH](=O)=O)cc1. The minimum Gasteiger partial charge on any atom is -0.465 e. The Bertz CT molecular complexity index is 489. The Labute approximate surface area is 113 Å². The largest absolute Gasteiger partial charge is 0.465 e. The molecule has 7 heteroatoms.